The molecule has 0 unspecified atom stereocenters. The maximum Gasteiger partial charge on any atom is 0.270 e. The zero-order valence-electron chi connectivity index (χ0n) is 12.2. The minimum Gasteiger partial charge on any atom is -0.382 e. The quantitative estimate of drug-likeness (QED) is 0.469. The first-order valence-electron chi connectivity index (χ1n) is 6.66. The van der Waals surface area contributed by atoms with Crippen molar-refractivity contribution in [2.45, 2.75) is 6.54 Å². The lowest BCUT2D eigenvalue weighted by Crippen LogP contribution is -2.13. The molecule has 1 aromatic heterocycles. The van der Waals surface area contributed by atoms with Crippen molar-refractivity contribution in [3.05, 3.63) is 11.9 Å². The van der Waals surface area contributed by atoms with Crippen LogP contribution in [0.15, 0.2) is 6.20 Å². The molecule has 21 heavy (non-hydrogen) atoms. The predicted molar refractivity (Wildman–Crippen MR) is 72.9 cm³/mol. The van der Waals surface area contributed by atoms with Gasteiger partial charge in [-0.25, -0.2) is 4.68 Å². The molecule has 0 spiro atoms. The van der Waals surface area contributed by atoms with Crippen molar-refractivity contribution in [3.8, 4) is 0 Å². The lowest BCUT2D eigenvalue weighted by Gasteiger charge is -2.06. The van der Waals surface area contributed by atoms with Crippen LogP contribution in [0.2, 0.25) is 0 Å². The first-order valence-corrected chi connectivity index (χ1v) is 6.66. The van der Waals surface area contributed by atoms with Gasteiger partial charge in [0.2, 0.25) is 0 Å². The molecule has 2 N–H and O–H groups in total. The van der Waals surface area contributed by atoms with E-state index in [0.717, 1.165) is 0 Å². The summed E-state index contributed by atoms with van der Waals surface area (Å²) in [6.07, 6.45) is 1.49. The number of carbonyl (C=O) groups excluding carboxylic acids is 1. The van der Waals surface area contributed by atoms with E-state index in [1.165, 1.54) is 10.9 Å². The molecule has 0 atom stereocenters. The topological polar surface area (TPSA) is 111 Å². The minimum atomic E-state index is -0.594. The summed E-state index contributed by atoms with van der Waals surface area (Å²) in [5.74, 6) is -0.594. The molecule has 1 rings (SSSR count). The number of primary amides is 1. The molecular formula is C12H22N4O5. The van der Waals surface area contributed by atoms with E-state index in [-0.39, 0.29) is 5.69 Å². The molecule has 0 aliphatic carbocycles. The summed E-state index contributed by atoms with van der Waals surface area (Å²) < 4.78 is 22.3. The molecule has 0 fully saturated rings. The van der Waals surface area contributed by atoms with E-state index >= 15 is 0 Å². The van der Waals surface area contributed by atoms with Crippen LogP contribution in [-0.4, -0.2) is 74.3 Å². The van der Waals surface area contributed by atoms with Gasteiger partial charge in [-0.1, -0.05) is 5.21 Å². The zero-order chi connectivity index (χ0) is 15.3. The number of ether oxygens (including phenoxy) is 4. The molecule has 120 valence electrons. The standard InChI is InChI=1S/C12H22N4O5/c1-18-4-5-20-8-9-21-7-6-19-3-2-16-10-11(12(13)17)14-15-16/h10H,2-9H2,1H3,(H2,13,17). The summed E-state index contributed by atoms with van der Waals surface area (Å²) in [5, 5.41) is 7.37. The molecule has 0 bridgehead atoms. The van der Waals surface area contributed by atoms with Crippen molar-refractivity contribution in [1.29, 1.82) is 0 Å². The maximum atomic E-state index is 10.8. The van der Waals surface area contributed by atoms with Crippen LogP contribution in [0.3, 0.4) is 0 Å². The van der Waals surface area contributed by atoms with Crippen molar-refractivity contribution in [1.82, 2.24) is 15.0 Å². The van der Waals surface area contributed by atoms with Gasteiger partial charge in [-0.15, -0.1) is 5.10 Å². The fraction of sp³-hybridized carbons (Fsp3) is 0.750. The summed E-state index contributed by atoms with van der Waals surface area (Å²) in [6, 6.07) is 0. The van der Waals surface area contributed by atoms with Gasteiger partial charge in [0.05, 0.1) is 59.0 Å². The fourth-order valence-corrected chi connectivity index (χ4v) is 1.36. The molecule has 1 amide bonds. The van der Waals surface area contributed by atoms with Crippen LogP contribution in [0.1, 0.15) is 10.5 Å². The molecular weight excluding hydrogens is 280 g/mol. The van der Waals surface area contributed by atoms with Crippen molar-refractivity contribution >= 4 is 5.91 Å². The van der Waals surface area contributed by atoms with E-state index in [1.807, 2.05) is 0 Å². The Morgan fingerprint density at radius 1 is 1.10 bits per heavy atom. The fourth-order valence-electron chi connectivity index (χ4n) is 1.36. The molecule has 1 aromatic rings. The van der Waals surface area contributed by atoms with Gasteiger partial charge < -0.3 is 24.7 Å². The second-order valence-corrected chi connectivity index (χ2v) is 4.06. The van der Waals surface area contributed by atoms with Crippen LogP contribution in [-0.2, 0) is 25.5 Å². The number of rotatable bonds is 13. The van der Waals surface area contributed by atoms with Gasteiger partial charge in [0.25, 0.3) is 5.91 Å². The highest BCUT2D eigenvalue weighted by molar-refractivity contribution is 5.90. The van der Waals surface area contributed by atoms with E-state index in [0.29, 0.717) is 52.8 Å². The van der Waals surface area contributed by atoms with Crippen molar-refractivity contribution in [2.75, 3.05) is 53.4 Å². The number of nitrogens with two attached hydrogens (primary N) is 1. The first-order chi connectivity index (χ1) is 10.2. The number of nitrogens with zero attached hydrogens (tertiary/aromatic N) is 3. The molecule has 9 heteroatoms. The van der Waals surface area contributed by atoms with E-state index < -0.39 is 5.91 Å². The Kier molecular flexibility index (Phi) is 9.29. The van der Waals surface area contributed by atoms with E-state index in [1.54, 1.807) is 7.11 Å². The van der Waals surface area contributed by atoms with Crippen LogP contribution < -0.4 is 5.73 Å². The Hall–Kier alpha value is -1.55. The summed E-state index contributed by atoms with van der Waals surface area (Å²) in [7, 11) is 1.63. The highest BCUT2D eigenvalue weighted by atomic mass is 16.6. The van der Waals surface area contributed by atoms with Crippen LogP contribution >= 0.6 is 0 Å². The van der Waals surface area contributed by atoms with Gasteiger partial charge in [-0.3, -0.25) is 4.79 Å². The highest BCUT2D eigenvalue weighted by Gasteiger charge is 2.05. The molecule has 0 radical (unpaired) electrons. The largest absolute Gasteiger partial charge is 0.382 e. The number of amides is 1. The van der Waals surface area contributed by atoms with Gasteiger partial charge in [0, 0.05) is 7.11 Å². The SMILES string of the molecule is COCCOCCOCCOCCn1cc(C(N)=O)nn1. The van der Waals surface area contributed by atoms with Crippen LogP contribution in [0, 0.1) is 0 Å². The molecule has 0 saturated carbocycles. The lowest BCUT2D eigenvalue weighted by atomic mass is 10.5. The third-order valence-electron chi connectivity index (χ3n) is 2.43. The van der Waals surface area contributed by atoms with Crippen molar-refractivity contribution in [3.63, 3.8) is 0 Å². The maximum absolute atomic E-state index is 10.8. The third kappa shape index (κ3) is 8.35. The van der Waals surface area contributed by atoms with Crippen molar-refractivity contribution < 1.29 is 23.7 Å². The van der Waals surface area contributed by atoms with Crippen LogP contribution in [0.4, 0.5) is 0 Å². The van der Waals surface area contributed by atoms with E-state index in [2.05, 4.69) is 10.3 Å². The number of hydrogen-bond donors (Lipinski definition) is 1. The summed E-state index contributed by atoms with van der Waals surface area (Å²) in [5.41, 5.74) is 5.21. The molecule has 0 aromatic carbocycles. The average molecular weight is 302 g/mol. The Balaban J connectivity index is 1.89. The Bertz CT molecular complexity index is 399. The summed E-state index contributed by atoms with van der Waals surface area (Å²) >= 11 is 0. The van der Waals surface area contributed by atoms with Gasteiger partial charge >= 0.3 is 0 Å². The number of methoxy groups -OCH3 is 1. The second kappa shape index (κ2) is 11.1. The Morgan fingerprint density at radius 2 is 1.67 bits per heavy atom. The van der Waals surface area contributed by atoms with Crippen LogP contribution in [0.25, 0.3) is 0 Å². The Labute approximate surface area is 123 Å². The smallest absolute Gasteiger partial charge is 0.270 e. The monoisotopic (exact) mass is 302 g/mol. The average Bonchev–Trinajstić information content (AvgIpc) is 2.94. The van der Waals surface area contributed by atoms with Gasteiger partial charge in [0.1, 0.15) is 0 Å². The molecule has 1 heterocycles. The summed E-state index contributed by atoms with van der Waals surface area (Å²) in [6.45, 7) is 4.16. The third-order valence-corrected chi connectivity index (χ3v) is 2.43. The Morgan fingerprint density at radius 3 is 2.19 bits per heavy atom. The van der Waals surface area contributed by atoms with Gasteiger partial charge in [-0.2, -0.15) is 0 Å². The highest BCUT2D eigenvalue weighted by Crippen LogP contribution is 1.91. The van der Waals surface area contributed by atoms with Gasteiger partial charge in [-0.05, 0) is 0 Å². The molecule has 9 nitrogen and oxygen atoms in total. The molecule has 0 saturated heterocycles. The predicted octanol–water partition coefficient (Wildman–Crippen LogP) is -0.927. The van der Waals surface area contributed by atoms with Crippen LogP contribution in [0.5, 0.6) is 0 Å². The number of hydrogen-bond acceptors (Lipinski definition) is 7. The normalized spacial score (nSPS) is 10.9. The lowest BCUT2D eigenvalue weighted by molar-refractivity contribution is 0.00244. The zero-order valence-corrected chi connectivity index (χ0v) is 12.2. The van der Waals surface area contributed by atoms with E-state index in [4.69, 9.17) is 24.7 Å². The van der Waals surface area contributed by atoms with Gasteiger partial charge in [0.15, 0.2) is 5.69 Å². The van der Waals surface area contributed by atoms with E-state index in [9.17, 15) is 4.79 Å². The number of aromatic nitrogens is 3. The van der Waals surface area contributed by atoms with Crippen molar-refractivity contribution in [2.24, 2.45) is 5.73 Å². The first kappa shape index (κ1) is 17.5. The second-order valence-electron chi connectivity index (χ2n) is 4.06. The minimum absolute atomic E-state index is 0.145. The molecule has 0 aliphatic rings. The molecule has 0 aliphatic heterocycles. The number of carbonyl (C=O) groups is 1. The summed E-state index contributed by atoms with van der Waals surface area (Å²) in [4.78, 5) is 10.8.